The number of carbonyl (C=O) groups is 1. The van der Waals surface area contributed by atoms with Crippen molar-refractivity contribution in [1.29, 1.82) is 0 Å². The molecule has 1 fully saturated rings. The number of hydrogen-bond acceptors (Lipinski definition) is 2. The summed E-state index contributed by atoms with van der Waals surface area (Å²) in [5, 5.41) is 3.15. The average Bonchev–Trinajstić information content (AvgIpc) is 2.68. The zero-order valence-electron chi connectivity index (χ0n) is 16.4. The lowest BCUT2D eigenvalue weighted by Gasteiger charge is -2.31. The minimum absolute atomic E-state index is 0.0342. The van der Waals surface area contributed by atoms with Crippen LogP contribution >= 0.6 is 0 Å². The van der Waals surface area contributed by atoms with Gasteiger partial charge in [0.05, 0.1) is 19.1 Å². The van der Waals surface area contributed by atoms with Crippen molar-refractivity contribution in [2.24, 2.45) is 5.92 Å². The predicted molar refractivity (Wildman–Crippen MR) is 108 cm³/mol. The summed E-state index contributed by atoms with van der Waals surface area (Å²) < 4.78 is 5.90. The van der Waals surface area contributed by atoms with Crippen LogP contribution in [0.3, 0.4) is 0 Å². The second-order valence-corrected chi connectivity index (χ2v) is 7.79. The maximum atomic E-state index is 13.1. The Morgan fingerprint density at radius 3 is 2.22 bits per heavy atom. The molecule has 1 amide bonds. The highest BCUT2D eigenvalue weighted by molar-refractivity contribution is 5.87. The topological polar surface area (TPSA) is 42.8 Å². The molecule has 1 aliphatic heterocycles. The van der Waals surface area contributed by atoms with Gasteiger partial charge in [0.15, 0.2) is 0 Å². The standard InChI is InChI=1S/C23H30N2O2/c1-18(2)16-25-13-14-27-21(17-25)15-24-23(26)22(19-9-5-3-6-10-19)20-11-7-4-8-12-20/h3-12,18,21-22H,13-17H2,1-2H3,(H,24,26)/p+1/t21-/m1/s1. The molecule has 1 heterocycles. The number of benzene rings is 2. The lowest BCUT2D eigenvalue weighted by atomic mass is 9.90. The Morgan fingerprint density at radius 2 is 1.67 bits per heavy atom. The molecule has 27 heavy (non-hydrogen) atoms. The molecule has 1 aliphatic rings. The van der Waals surface area contributed by atoms with Crippen molar-refractivity contribution >= 4 is 5.91 Å². The van der Waals surface area contributed by atoms with Crippen molar-refractivity contribution in [1.82, 2.24) is 5.32 Å². The Balaban J connectivity index is 1.65. The second kappa shape index (κ2) is 9.67. The summed E-state index contributed by atoms with van der Waals surface area (Å²) in [5.41, 5.74) is 2.02. The summed E-state index contributed by atoms with van der Waals surface area (Å²) in [5.74, 6) is 0.413. The zero-order valence-corrected chi connectivity index (χ0v) is 16.4. The zero-order chi connectivity index (χ0) is 19.1. The van der Waals surface area contributed by atoms with E-state index in [4.69, 9.17) is 4.74 Å². The molecule has 4 nitrogen and oxygen atoms in total. The van der Waals surface area contributed by atoms with Gasteiger partial charge in [0.1, 0.15) is 19.2 Å². The van der Waals surface area contributed by atoms with E-state index < -0.39 is 0 Å². The number of ether oxygens (including phenoxy) is 1. The fourth-order valence-corrected chi connectivity index (χ4v) is 3.85. The minimum Gasteiger partial charge on any atom is -0.365 e. The smallest absolute Gasteiger partial charge is 0.232 e. The van der Waals surface area contributed by atoms with Crippen molar-refractivity contribution in [3.63, 3.8) is 0 Å². The highest BCUT2D eigenvalue weighted by Gasteiger charge is 2.27. The van der Waals surface area contributed by atoms with Gasteiger partial charge in [0.25, 0.3) is 0 Å². The summed E-state index contributed by atoms with van der Waals surface area (Å²) in [6, 6.07) is 20.0. The van der Waals surface area contributed by atoms with Crippen molar-refractivity contribution in [2.75, 3.05) is 32.8 Å². The highest BCUT2D eigenvalue weighted by Crippen LogP contribution is 2.24. The maximum Gasteiger partial charge on any atom is 0.232 e. The van der Waals surface area contributed by atoms with Gasteiger partial charge < -0.3 is 15.0 Å². The van der Waals surface area contributed by atoms with Gasteiger partial charge in [-0.2, -0.15) is 0 Å². The molecular formula is C23H31N2O2+. The molecule has 0 aromatic heterocycles. The quantitative estimate of drug-likeness (QED) is 0.785. The monoisotopic (exact) mass is 367 g/mol. The van der Waals surface area contributed by atoms with Gasteiger partial charge in [0, 0.05) is 12.5 Å². The van der Waals surface area contributed by atoms with Crippen LogP contribution in [0, 0.1) is 5.92 Å². The first-order chi connectivity index (χ1) is 13.1. The summed E-state index contributed by atoms with van der Waals surface area (Å²) in [6.45, 7) is 9.01. The molecule has 2 aromatic rings. The molecule has 0 radical (unpaired) electrons. The lowest BCUT2D eigenvalue weighted by Crippen LogP contribution is -3.15. The van der Waals surface area contributed by atoms with Gasteiger partial charge >= 0.3 is 0 Å². The Morgan fingerprint density at radius 1 is 1.07 bits per heavy atom. The molecule has 0 aliphatic carbocycles. The fourth-order valence-electron chi connectivity index (χ4n) is 3.85. The summed E-state index contributed by atoms with van der Waals surface area (Å²) in [7, 11) is 0. The first kappa shape index (κ1) is 19.6. The van der Waals surface area contributed by atoms with Crippen LogP contribution in [0.5, 0.6) is 0 Å². The van der Waals surface area contributed by atoms with Crippen molar-refractivity contribution in [2.45, 2.75) is 25.9 Å². The normalized spacial score (nSPS) is 20.0. The minimum atomic E-state index is -0.296. The van der Waals surface area contributed by atoms with Gasteiger partial charge in [-0.3, -0.25) is 4.79 Å². The maximum absolute atomic E-state index is 13.1. The molecule has 1 unspecified atom stereocenters. The third kappa shape index (κ3) is 5.65. The van der Waals surface area contributed by atoms with Crippen LogP contribution in [0.2, 0.25) is 0 Å². The molecule has 0 bridgehead atoms. The number of hydrogen-bond donors (Lipinski definition) is 2. The van der Waals surface area contributed by atoms with Gasteiger partial charge in [-0.15, -0.1) is 0 Å². The Kier molecular flexibility index (Phi) is 7.02. The summed E-state index contributed by atoms with van der Waals surface area (Å²) in [4.78, 5) is 14.6. The largest absolute Gasteiger partial charge is 0.365 e. The number of quaternary nitrogens is 1. The second-order valence-electron chi connectivity index (χ2n) is 7.79. The van der Waals surface area contributed by atoms with Crippen molar-refractivity contribution < 1.29 is 14.4 Å². The van der Waals surface area contributed by atoms with E-state index in [9.17, 15) is 4.79 Å². The summed E-state index contributed by atoms with van der Waals surface area (Å²) in [6.07, 6.45) is 0.0867. The van der Waals surface area contributed by atoms with Gasteiger partial charge in [-0.25, -0.2) is 0 Å². The number of nitrogens with one attached hydrogen (secondary N) is 2. The molecular weight excluding hydrogens is 336 g/mol. The van der Waals surface area contributed by atoms with E-state index in [2.05, 4.69) is 19.2 Å². The van der Waals surface area contributed by atoms with Crippen LogP contribution in [-0.2, 0) is 9.53 Å². The fraction of sp³-hybridized carbons (Fsp3) is 0.435. The van der Waals surface area contributed by atoms with Crippen LogP contribution in [0.25, 0.3) is 0 Å². The number of morpholine rings is 1. The van der Waals surface area contributed by atoms with Crippen LogP contribution in [0.15, 0.2) is 60.7 Å². The molecule has 4 heteroatoms. The Hall–Kier alpha value is -2.17. The Bertz CT molecular complexity index is 663. The van der Waals surface area contributed by atoms with Crippen LogP contribution in [0.1, 0.15) is 30.9 Å². The van der Waals surface area contributed by atoms with Crippen LogP contribution in [-0.4, -0.2) is 44.8 Å². The van der Waals surface area contributed by atoms with Crippen LogP contribution in [0.4, 0.5) is 0 Å². The average molecular weight is 368 g/mol. The van der Waals surface area contributed by atoms with Gasteiger partial charge in [0.2, 0.25) is 5.91 Å². The Labute approximate surface area is 162 Å². The number of rotatable bonds is 7. The van der Waals surface area contributed by atoms with Gasteiger partial charge in [-0.1, -0.05) is 74.5 Å². The lowest BCUT2D eigenvalue weighted by molar-refractivity contribution is -0.914. The predicted octanol–water partition coefficient (Wildman–Crippen LogP) is 1.87. The molecule has 2 atom stereocenters. The molecule has 3 rings (SSSR count). The molecule has 2 N–H and O–H groups in total. The first-order valence-electron chi connectivity index (χ1n) is 9.96. The SMILES string of the molecule is CC(C)C[NH+]1CCO[C@H](CNC(=O)C(c2ccccc2)c2ccccc2)C1. The highest BCUT2D eigenvalue weighted by atomic mass is 16.5. The number of carbonyl (C=O) groups excluding carboxylic acids is 1. The van der Waals surface area contributed by atoms with Crippen LogP contribution < -0.4 is 10.2 Å². The molecule has 2 aromatic carbocycles. The molecule has 0 spiro atoms. The van der Waals surface area contributed by atoms with Crippen molar-refractivity contribution in [3.8, 4) is 0 Å². The van der Waals surface area contributed by atoms with E-state index in [1.54, 1.807) is 4.90 Å². The number of amides is 1. The summed E-state index contributed by atoms with van der Waals surface area (Å²) >= 11 is 0. The van der Waals surface area contributed by atoms with E-state index >= 15 is 0 Å². The van der Waals surface area contributed by atoms with Gasteiger partial charge in [-0.05, 0) is 11.1 Å². The third-order valence-corrected chi connectivity index (χ3v) is 5.05. The molecule has 1 saturated heterocycles. The third-order valence-electron chi connectivity index (χ3n) is 5.05. The van der Waals surface area contributed by atoms with E-state index in [-0.39, 0.29) is 17.9 Å². The molecule has 144 valence electrons. The van der Waals surface area contributed by atoms with E-state index in [1.165, 1.54) is 0 Å². The van der Waals surface area contributed by atoms with E-state index in [0.29, 0.717) is 12.5 Å². The van der Waals surface area contributed by atoms with Crippen molar-refractivity contribution in [3.05, 3.63) is 71.8 Å². The molecule has 0 saturated carbocycles. The first-order valence-corrected chi connectivity index (χ1v) is 9.96. The van der Waals surface area contributed by atoms with E-state index in [0.717, 1.165) is 37.4 Å². The van der Waals surface area contributed by atoms with E-state index in [1.807, 2.05) is 60.7 Å².